The van der Waals surface area contributed by atoms with Crippen LogP contribution >= 0.6 is 24.0 Å². The van der Waals surface area contributed by atoms with Crippen LogP contribution in [0, 0.1) is 18.3 Å². The molecule has 3 heterocycles. The Labute approximate surface area is 206 Å². The van der Waals surface area contributed by atoms with E-state index in [1.807, 2.05) is 6.08 Å². The second-order valence-corrected chi connectivity index (χ2v) is 10.5. The number of thioether (sulfide) groups is 1. The summed E-state index contributed by atoms with van der Waals surface area (Å²) in [6.45, 7) is 6.37. The Bertz CT molecular complexity index is 1030. The predicted octanol–water partition coefficient (Wildman–Crippen LogP) is 5.12. The molecule has 2 fully saturated rings. The highest BCUT2D eigenvalue weighted by atomic mass is 32.2. The van der Waals surface area contributed by atoms with Gasteiger partial charge in [0.05, 0.1) is 4.91 Å². The number of nitriles is 1. The maximum Gasteiger partial charge on any atom is 0.270 e. The van der Waals surface area contributed by atoms with Crippen LogP contribution in [0.4, 0.5) is 5.82 Å². The molecule has 0 aliphatic carbocycles. The smallest absolute Gasteiger partial charge is 0.270 e. The van der Waals surface area contributed by atoms with E-state index in [0.717, 1.165) is 50.2 Å². The highest BCUT2D eigenvalue weighted by Gasteiger charge is 2.32. The third-order valence-electron chi connectivity index (χ3n) is 6.51. The second kappa shape index (κ2) is 11.8. The number of hydrogen-bond acceptors (Lipinski definition) is 6. The standard InChI is InChI=1S/C25H34N4O2S2/c1-4-5-6-7-8-12-15-29-24(31)21(33-25(29)32)16-19-18(2)20(17-26)23(30)27(3)22(19)28-13-10-9-11-14-28/h16H,4-15H2,1-3H3/b21-16+. The molecule has 1 amide bonds. The van der Waals surface area contributed by atoms with Crippen LogP contribution in [0.2, 0.25) is 0 Å². The lowest BCUT2D eigenvalue weighted by Crippen LogP contribution is -2.36. The SMILES string of the molecule is CCCCCCCCN1C(=O)/C(=C\c2c(C)c(C#N)c(=O)n(C)c2N2CCCCC2)SC1=S. The monoisotopic (exact) mass is 486 g/mol. The van der Waals surface area contributed by atoms with Gasteiger partial charge in [0.25, 0.3) is 11.5 Å². The first-order valence-corrected chi connectivity index (χ1v) is 13.3. The van der Waals surface area contributed by atoms with Gasteiger partial charge in [0.1, 0.15) is 21.8 Å². The minimum absolute atomic E-state index is 0.0742. The summed E-state index contributed by atoms with van der Waals surface area (Å²) in [6, 6.07) is 2.07. The first-order valence-electron chi connectivity index (χ1n) is 12.0. The van der Waals surface area contributed by atoms with Crippen LogP contribution < -0.4 is 10.5 Å². The van der Waals surface area contributed by atoms with Crippen molar-refractivity contribution >= 4 is 46.1 Å². The molecule has 0 radical (unpaired) electrons. The Kier molecular flexibility index (Phi) is 9.16. The average Bonchev–Trinajstić information content (AvgIpc) is 3.08. The van der Waals surface area contributed by atoms with E-state index in [1.165, 1.54) is 43.9 Å². The lowest BCUT2D eigenvalue weighted by molar-refractivity contribution is -0.122. The van der Waals surface area contributed by atoms with E-state index in [4.69, 9.17) is 12.2 Å². The number of carbonyl (C=O) groups is 1. The molecule has 0 bridgehead atoms. The van der Waals surface area contributed by atoms with E-state index in [1.54, 1.807) is 23.4 Å². The summed E-state index contributed by atoms with van der Waals surface area (Å²) in [6.07, 6.45) is 12.1. The minimum atomic E-state index is -0.289. The summed E-state index contributed by atoms with van der Waals surface area (Å²) < 4.78 is 2.15. The van der Waals surface area contributed by atoms with Gasteiger partial charge >= 0.3 is 0 Å². The molecule has 178 valence electrons. The number of pyridine rings is 1. The molecule has 0 saturated carbocycles. The van der Waals surface area contributed by atoms with Gasteiger partial charge in [-0.25, -0.2) is 0 Å². The van der Waals surface area contributed by atoms with Crippen LogP contribution in [0.15, 0.2) is 9.70 Å². The largest absolute Gasteiger partial charge is 0.357 e. The minimum Gasteiger partial charge on any atom is -0.357 e. The fourth-order valence-electron chi connectivity index (χ4n) is 4.57. The number of thiocarbonyl (C=S) groups is 1. The van der Waals surface area contributed by atoms with Crippen molar-refractivity contribution in [2.24, 2.45) is 7.05 Å². The summed E-state index contributed by atoms with van der Waals surface area (Å²) >= 11 is 6.84. The Balaban J connectivity index is 1.89. The van der Waals surface area contributed by atoms with E-state index < -0.39 is 0 Å². The van der Waals surface area contributed by atoms with Gasteiger partial charge in [-0.1, -0.05) is 63.0 Å². The molecule has 2 aliphatic rings. The Morgan fingerprint density at radius 2 is 1.76 bits per heavy atom. The highest BCUT2D eigenvalue weighted by Crippen LogP contribution is 2.36. The molecule has 2 saturated heterocycles. The number of aromatic nitrogens is 1. The zero-order valence-electron chi connectivity index (χ0n) is 20.0. The number of amides is 1. The van der Waals surface area contributed by atoms with E-state index in [2.05, 4.69) is 17.9 Å². The first-order chi connectivity index (χ1) is 15.9. The number of hydrogen-bond donors (Lipinski definition) is 0. The molecule has 33 heavy (non-hydrogen) atoms. The number of unbranched alkanes of at least 4 members (excludes halogenated alkanes) is 5. The summed E-state index contributed by atoms with van der Waals surface area (Å²) in [5.74, 6) is 0.715. The molecular formula is C25H34N4O2S2. The van der Waals surface area contributed by atoms with Crippen LogP contribution in [-0.4, -0.2) is 39.3 Å². The summed E-state index contributed by atoms with van der Waals surface area (Å²) in [5, 5.41) is 9.62. The topological polar surface area (TPSA) is 69.3 Å². The Hall–Kier alpha value is -2.11. The van der Waals surface area contributed by atoms with Gasteiger partial charge in [0.2, 0.25) is 0 Å². The lowest BCUT2D eigenvalue weighted by atomic mass is 10.0. The number of piperidine rings is 1. The Morgan fingerprint density at radius 1 is 1.09 bits per heavy atom. The molecule has 0 N–H and O–H groups in total. The van der Waals surface area contributed by atoms with Crippen molar-refractivity contribution in [3.05, 3.63) is 31.9 Å². The number of rotatable bonds is 9. The fraction of sp³-hybridized carbons (Fsp3) is 0.600. The van der Waals surface area contributed by atoms with E-state index >= 15 is 0 Å². The van der Waals surface area contributed by atoms with Crippen molar-refractivity contribution in [1.82, 2.24) is 9.47 Å². The fourth-order valence-corrected chi connectivity index (χ4v) is 5.86. The molecule has 1 aromatic heterocycles. The third-order valence-corrected chi connectivity index (χ3v) is 7.89. The maximum atomic E-state index is 13.2. The normalized spacial score (nSPS) is 17.8. The van der Waals surface area contributed by atoms with Crippen LogP contribution in [0.3, 0.4) is 0 Å². The molecule has 0 spiro atoms. The van der Waals surface area contributed by atoms with Crippen molar-refractivity contribution in [2.75, 3.05) is 24.5 Å². The molecular weight excluding hydrogens is 452 g/mol. The molecule has 2 aliphatic heterocycles. The van der Waals surface area contributed by atoms with Gasteiger partial charge in [0, 0.05) is 32.2 Å². The molecule has 3 rings (SSSR count). The molecule has 0 unspecified atom stereocenters. The number of anilines is 1. The number of nitrogens with zero attached hydrogens (tertiary/aromatic N) is 4. The molecule has 1 aromatic rings. The van der Waals surface area contributed by atoms with Crippen molar-refractivity contribution in [3.63, 3.8) is 0 Å². The van der Waals surface area contributed by atoms with E-state index in [0.29, 0.717) is 21.3 Å². The summed E-state index contributed by atoms with van der Waals surface area (Å²) in [4.78, 5) is 30.5. The predicted molar refractivity (Wildman–Crippen MR) is 140 cm³/mol. The van der Waals surface area contributed by atoms with E-state index in [9.17, 15) is 14.9 Å². The van der Waals surface area contributed by atoms with Crippen LogP contribution in [0.5, 0.6) is 0 Å². The number of carbonyl (C=O) groups excluding carboxylic acids is 1. The van der Waals surface area contributed by atoms with Gasteiger partial charge in [0.15, 0.2) is 0 Å². The van der Waals surface area contributed by atoms with Crippen molar-refractivity contribution in [1.29, 1.82) is 5.26 Å². The van der Waals surface area contributed by atoms with Gasteiger partial charge in [-0.2, -0.15) is 5.26 Å². The van der Waals surface area contributed by atoms with Crippen LogP contribution in [0.25, 0.3) is 6.08 Å². The Morgan fingerprint density at radius 3 is 2.42 bits per heavy atom. The average molecular weight is 487 g/mol. The summed E-state index contributed by atoms with van der Waals surface area (Å²) in [5.41, 5.74) is 1.24. The first kappa shape index (κ1) is 25.5. The maximum absolute atomic E-state index is 13.2. The van der Waals surface area contributed by atoms with Crippen molar-refractivity contribution in [3.8, 4) is 6.07 Å². The van der Waals surface area contributed by atoms with Gasteiger partial charge in [-0.3, -0.25) is 19.1 Å². The van der Waals surface area contributed by atoms with Gasteiger partial charge in [-0.05, 0) is 44.2 Å². The van der Waals surface area contributed by atoms with Crippen molar-refractivity contribution < 1.29 is 4.79 Å². The molecule has 8 heteroatoms. The quantitative estimate of drug-likeness (QED) is 0.274. The second-order valence-electron chi connectivity index (χ2n) is 8.86. The lowest BCUT2D eigenvalue weighted by Gasteiger charge is -2.32. The van der Waals surface area contributed by atoms with Crippen LogP contribution in [0.1, 0.15) is 81.4 Å². The third kappa shape index (κ3) is 5.70. The zero-order chi connectivity index (χ0) is 24.0. The van der Waals surface area contributed by atoms with Gasteiger partial charge in [-0.15, -0.1) is 0 Å². The van der Waals surface area contributed by atoms with Crippen molar-refractivity contribution in [2.45, 2.75) is 71.6 Å². The summed E-state index contributed by atoms with van der Waals surface area (Å²) in [7, 11) is 1.72. The molecule has 0 aromatic carbocycles. The molecule has 6 nitrogen and oxygen atoms in total. The zero-order valence-corrected chi connectivity index (χ0v) is 21.6. The van der Waals surface area contributed by atoms with Gasteiger partial charge < -0.3 is 4.90 Å². The van der Waals surface area contributed by atoms with Crippen LogP contribution in [-0.2, 0) is 11.8 Å². The van der Waals surface area contributed by atoms with E-state index in [-0.39, 0.29) is 17.0 Å². The molecule has 0 atom stereocenters. The highest BCUT2D eigenvalue weighted by molar-refractivity contribution is 8.26.